The number of carbonyl (C=O) groups excluding carboxylic acids is 1. The minimum Gasteiger partial charge on any atom is -0.446 e. The van der Waals surface area contributed by atoms with Crippen LogP contribution >= 0.6 is 0 Å². The fourth-order valence-corrected chi connectivity index (χ4v) is 1.29. The van der Waals surface area contributed by atoms with E-state index in [4.69, 9.17) is 16.2 Å². The summed E-state index contributed by atoms with van der Waals surface area (Å²) in [6.45, 7) is 8.33. The van der Waals surface area contributed by atoms with Gasteiger partial charge >= 0.3 is 5.97 Å². The summed E-state index contributed by atoms with van der Waals surface area (Å²) >= 11 is 0. The lowest BCUT2D eigenvalue weighted by atomic mass is 9.85. The Kier molecular flexibility index (Phi) is 6.60. The third-order valence-electron chi connectivity index (χ3n) is 2.76. The standard InChI is InChI=1S/C12H26N2O2/c1-9(2)10(15)16-11(14)12(3,4)7-5-6-8-13/h9,11H,5-8,13-14H2,1-4H3. The number of carbonyl (C=O) groups is 1. The Labute approximate surface area is 98.7 Å². The van der Waals surface area contributed by atoms with E-state index in [1.54, 1.807) is 13.8 Å². The van der Waals surface area contributed by atoms with Crippen molar-refractivity contribution in [1.82, 2.24) is 0 Å². The molecule has 0 rings (SSSR count). The predicted molar refractivity (Wildman–Crippen MR) is 65.6 cm³/mol. The fourth-order valence-electron chi connectivity index (χ4n) is 1.29. The van der Waals surface area contributed by atoms with Crippen LogP contribution in [-0.2, 0) is 9.53 Å². The van der Waals surface area contributed by atoms with Gasteiger partial charge in [0.05, 0.1) is 5.92 Å². The topological polar surface area (TPSA) is 78.3 Å². The highest BCUT2D eigenvalue weighted by Crippen LogP contribution is 2.27. The molecule has 0 aromatic heterocycles. The Bertz CT molecular complexity index is 215. The van der Waals surface area contributed by atoms with Gasteiger partial charge in [-0.2, -0.15) is 0 Å². The van der Waals surface area contributed by atoms with Crippen molar-refractivity contribution < 1.29 is 9.53 Å². The molecule has 0 radical (unpaired) electrons. The molecule has 16 heavy (non-hydrogen) atoms. The Morgan fingerprint density at radius 1 is 1.31 bits per heavy atom. The van der Waals surface area contributed by atoms with Crippen molar-refractivity contribution in [3.05, 3.63) is 0 Å². The van der Waals surface area contributed by atoms with Crippen molar-refractivity contribution in [3.63, 3.8) is 0 Å². The Balaban J connectivity index is 4.12. The van der Waals surface area contributed by atoms with Gasteiger partial charge in [0.25, 0.3) is 0 Å². The number of ether oxygens (including phenoxy) is 1. The molecule has 96 valence electrons. The minimum absolute atomic E-state index is 0.133. The molecule has 0 heterocycles. The third kappa shape index (κ3) is 5.47. The van der Waals surface area contributed by atoms with E-state index in [1.165, 1.54) is 0 Å². The van der Waals surface area contributed by atoms with Crippen LogP contribution in [0.15, 0.2) is 0 Å². The SMILES string of the molecule is CC(C)C(=O)OC(N)C(C)(C)CCCCN. The lowest BCUT2D eigenvalue weighted by Gasteiger charge is -2.31. The summed E-state index contributed by atoms with van der Waals surface area (Å²) in [5, 5.41) is 0. The first kappa shape index (κ1) is 15.4. The zero-order chi connectivity index (χ0) is 12.8. The smallest absolute Gasteiger partial charge is 0.309 e. The second-order valence-corrected chi connectivity index (χ2v) is 5.25. The van der Waals surface area contributed by atoms with E-state index in [-0.39, 0.29) is 17.3 Å². The quantitative estimate of drug-likeness (QED) is 0.396. The van der Waals surface area contributed by atoms with Crippen LogP contribution in [-0.4, -0.2) is 18.7 Å². The van der Waals surface area contributed by atoms with E-state index in [1.807, 2.05) is 13.8 Å². The van der Waals surface area contributed by atoms with Gasteiger partial charge in [0.2, 0.25) is 0 Å². The zero-order valence-corrected chi connectivity index (χ0v) is 11.0. The van der Waals surface area contributed by atoms with E-state index in [9.17, 15) is 4.79 Å². The van der Waals surface area contributed by atoms with E-state index in [0.29, 0.717) is 6.54 Å². The van der Waals surface area contributed by atoms with Crippen molar-refractivity contribution >= 4 is 5.97 Å². The number of hydrogen-bond donors (Lipinski definition) is 2. The summed E-state index contributed by atoms with van der Waals surface area (Å²) in [6, 6.07) is 0. The van der Waals surface area contributed by atoms with Gasteiger partial charge in [0, 0.05) is 5.41 Å². The van der Waals surface area contributed by atoms with Crippen LogP contribution in [0.1, 0.15) is 47.0 Å². The molecule has 0 bridgehead atoms. The molecule has 0 aliphatic rings. The van der Waals surface area contributed by atoms with Gasteiger partial charge in [0.1, 0.15) is 0 Å². The van der Waals surface area contributed by atoms with Crippen molar-refractivity contribution in [3.8, 4) is 0 Å². The molecule has 0 saturated carbocycles. The number of unbranched alkanes of at least 4 members (excludes halogenated alkanes) is 1. The highest BCUT2D eigenvalue weighted by molar-refractivity contribution is 5.71. The van der Waals surface area contributed by atoms with E-state index >= 15 is 0 Å². The maximum Gasteiger partial charge on any atom is 0.309 e. The van der Waals surface area contributed by atoms with Gasteiger partial charge in [-0.1, -0.05) is 34.1 Å². The number of hydrogen-bond acceptors (Lipinski definition) is 4. The number of rotatable bonds is 7. The predicted octanol–water partition coefficient (Wildman–Crippen LogP) is 1.63. The normalized spacial score (nSPS) is 13.9. The monoisotopic (exact) mass is 230 g/mol. The number of nitrogens with two attached hydrogens (primary N) is 2. The van der Waals surface area contributed by atoms with Crippen LogP contribution < -0.4 is 11.5 Å². The van der Waals surface area contributed by atoms with Crippen LogP contribution in [0.4, 0.5) is 0 Å². The molecule has 0 aromatic rings. The van der Waals surface area contributed by atoms with Crippen LogP contribution in [0, 0.1) is 11.3 Å². The lowest BCUT2D eigenvalue weighted by molar-refractivity contribution is -0.159. The molecule has 1 atom stereocenters. The van der Waals surface area contributed by atoms with Crippen molar-refractivity contribution in [2.75, 3.05) is 6.54 Å². The highest BCUT2D eigenvalue weighted by Gasteiger charge is 2.29. The third-order valence-corrected chi connectivity index (χ3v) is 2.76. The molecule has 0 aliphatic heterocycles. The lowest BCUT2D eigenvalue weighted by Crippen LogP contribution is -2.42. The second kappa shape index (κ2) is 6.86. The molecule has 4 nitrogen and oxygen atoms in total. The molecule has 0 fully saturated rings. The highest BCUT2D eigenvalue weighted by atomic mass is 16.6. The number of esters is 1. The van der Waals surface area contributed by atoms with Gasteiger partial charge in [-0.05, 0) is 19.4 Å². The fraction of sp³-hybridized carbons (Fsp3) is 0.917. The Hall–Kier alpha value is -0.610. The molecule has 0 spiro atoms. The van der Waals surface area contributed by atoms with Crippen LogP contribution in [0.25, 0.3) is 0 Å². The average Bonchev–Trinajstić information content (AvgIpc) is 2.17. The van der Waals surface area contributed by atoms with Gasteiger partial charge in [-0.25, -0.2) is 0 Å². The second-order valence-electron chi connectivity index (χ2n) is 5.25. The van der Waals surface area contributed by atoms with Crippen molar-refractivity contribution in [1.29, 1.82) is 0 Å². The maximum atomic E-state index is 11.4. The van der Waals surface area contributed by atoms with Gasteiger partial charge in [-0.15, -0.1) is 0 Å². The van der Waals surface area contributed by atoms with Crippen LogP contribution in [0.2, 0.25) is 0 Å². The van der Waals surface area contributed by atoms with Gasteiger partial charge < -0.3 is 10.5 Å². The molecular formula is C12H26N2O2. The molecule has 4 N–H and O–H groups in total. The van der Waals surface area contributed by atoms with E-state index in [2.05, 4.69) is 0 Å². The van der Waals surface area contributed by atoms with Crippen LogP contribution in [0.5, 0.6) is 0 Å². The molecule has 4 heteroatoms. The maximum absolute atomic E-state index is 11.4. The Morgan fingerprint density at radius 2 is 1.88 bits per heavy atom. The first-order valence-electron chi connectivity index (χ1n) is 5.97. The summed E-state index contributed by atoms with van der Waals surface area (Å²) in [7, 11) is 0. The summed E-state index contributed by atoms with van der Waals surface area (Å²) in [4.78, 5) is 11.4. The summed E-state index contributed by atoms with van der Waals surface area (Å²) in [5.41, 5.74) is 11.1. The van der Waals surface area contributed by atoms with Crippen LogP contribution in [0.3, 0.4) is 0 Å². The molecule has 1 unspecified atom stereocenters. The molecule has 0 amide bonds. The molecule has 0 aromatic carbocycles. The first-order chi connectivity index (χ1) is 7.31. The molecular weight excluding hydrogens is 204 g/mol. The van der Waals surface area contributed by atoms with Crippen molar-refractivity contribution in [2.24, 2.45) is 22.8 Å². The summed E-state index contributed by atoms with van der Waals surface area (Å²) < 4.78 is 5.21. The van der Waals surface area contributed by atoms with Gasteiger partial charge in [0.15, 0.2) is 6.23 Å². The molecule has 0 saturated heterocycles. The molecule has 0 aliphatic carbocycles. The minimum atomic E-state index is -0.542. The Morgan fingerprint density at radius 3 is 2.31 bits per heavy atom. The van der Waals surface area contributed by atoms with E-state index in [0.717, 1.165) is 19.3 Å². The first-order valence-corrected chi connectivity index (χ1v) is 5.97. The summed E-state index contributed by atoms with van der Waals surface area (Å²) in [6.07, 6.45) is 2.36. The summed E-state index contributed by atoms with van der Waals surface area (Å²) in [5.74, 6) is -0.370. The van der Waals surface area contributed by atoms with Gasteiger partial charge in [-0.3, -0.25) is 10.5 Å². The average molecular weight is 230 g/mol. The van der Waals surface area contributed by atoms with E-state index < -0.39 is 6.23 Å². The largest absolute Gasteiger partial charge is 0.446 e. The zero-order valence-electron chi connectivity index (χ0n) is 11.0. The van der Waals surface area contributed by atoms with Crippen molar-refractivity contribution in [2.45, 2.75) is 53.2 Å².